The highest BCUT2D eigenvalue weighted by Crippen LogP contribution is 2.40. The van der Waals surface area contributed by atoms with Gasteiger partial charge in [0.2, 0.25) is 0 Å². The molecule has 0 amide bonds. The van der Waals surface area contributed by atoms with E-state index in [1.54, 1.807) is 30.9 Å². The van der Waals surface area contributed by atoms with Crippen LogP contribution in [0.2, 0.25) is 0 Å². The van der Waals surface area contributed by atoms with E-state index >= 15 is 0 Å². The summed E-state index contributed by atoms with van der Waals surface area (Å²) >= 11 is 1.62. The molecule has 2 rings (SSSR count). The van der Waals surface area contributed by atoms with Crippen LogP contribution in [0.25, 0.3) is 0 Å². The lowest BCUT2D eigenvalue weighted by molar-refractivity contribution is -0.144. The van der Waals surface area contributed by atoms with Gasteiger partial charge in [-0.15, -0.1) is 11.8 Å². The lowest BCUT2D eigenvalue weighted by Gasteiger charge is -2.23. The Hall–Kier alpha value is -1.07. The van der Waals surface area contributed by atoms with Crippen molar-refractivity contribution in [3.05, 3.63) is 30.1 Å². The first-order valence-electron chi connectivity index (χ1n) is 5.90. The first-order chi connectivity index (χ1) is 8.55. The van der Waals surface area contributed by atoms with Crippen molar-refractivity contribution in [2.45, 2.75) is 34.9 Å². The van der Waals surface area contributed by atoms with Gasteiger partial charge in [0, 0.05) is 10.1 Å². The Labute approximate surface area is 110 Å². The van der Waals surface area contributed by atoms with E-state index in [1.165, 1.54) is 12.1 Å². The van der Waals surface area contributed by atoms with E-state index < -0.39 is 11.5 Å². The average molecular weight is 269 g/mol. The first-order valence-corrected chi connectivity index (χ1v) is 6.78. The van der Waals surface area contributed by atoms with Gasteiger partial charge in [0.1, 0.15) is 11.4 Å². The second-order valence-electron chi connectivity index (χ2n) is 4.57. The summed E-state index contributed by atoms with van der Waals surface area (Å²) in [5.74, 6) is -1.03. The second kappa shape index (κ2) is 5.28. The number of aliphatic carboxylic acids is 1. The molecule has 3 nitrogen and oxygen atoms in total. The van der Waals surface area contributed by atoms with Gasteiger partial charge in [-0.3, -0.25) is 4.79 Å². The fraction of sp³-hybridized carbons (Fsp3) is 0.462. The number of halogens is 1. The highest BCUT2D eigenvalue weighted by molar-refractivity contribution is 8.00. The molecular formula is C13H16FNO2S. The molecule has 1 fully saturated rings. The molecule has 0 aromatic heterocycles. The Kier molecular flexibility index (Phi) is 3.92. The van der Waals surface area contributed by atoms with E-state index in [1.807, 2.05) is 0 Å². The molecule has 18 heavy (non-hydrogen) atoms. The van der Waals surface area contributed by atoms with Gasteiger partial charge in [-0.25, -0.2) is 4.39 Å². The molecule has 2 atom stereocenters. The van der Waals surface area contributed by atoms with Gasteiger partial charge in [-0.05, 0) is 50.6 Å². The smallest absolute Gasteiger partial charge is 0.323 e. The quantitative estimate of drug-likeness (QED) is 0.882. The van der Waals surface area contributed by atoms with Crippen LogP contribution >= 0.6 is 11.8 Å². The van der Waals surface area contributed by atoms with Crippen LogP contribution in [0, 0.1) is 5.82 Å². The summed E-state index contributed by atoms with van der Waals surface area (Å²) in [7, 11) is 1.69. The van der Waals surface area contributed by atoms with E-state index in [-0.39, 0.29) is 11.1 Å². The van der Waals surface area contributed by atoms with E-state index in [4.69, 9.17) is 0 Å². The molecule has 1 aromatic carbocycles. The third kappa shape index (κ3) is 2.67. The molecule has 0 heterocycles. The molecule has 1 aromatic rings. The van der Waals surface area contributed by atoms with Crippen LogP contribution in [0.5, 0.6) is 0 Å². The van der Waals surface area contributed by atoms with Crippen LogP contribution < -0.4 is 5.32 Å². The van der Waals surface area contributed by atoms with Gasteiger partial charge < -0.3 is 10.4 Å². The third-order valence-corrected chi connectivity index (χ3v) is 4.75. The van der Waals surface area contributed by atoms with Crippen LogP contribution in [-0.4, -0.2) is 28.9 Å². The van der Waals surface area contributed by atoms with Gasteiger partial charge in [0.15, 0.2) is 0 Å². The van der Waals surface area contributed by atoms with Gasteiger partial charge >= 0.3 is 5.97 Å². The number of nitrogens with one attached hydrogen (secondary N) is 1. The predicted molar refractivity (Wildman–Crippen MR) is 69.3 cm³/mol. The third-order valence-electron chi connectivity index (χ3n) is 3.47. The number of carboxylic acids is 1. The average Bonchev–Trinajstić information content (AvgIpc) is 2.77. The summed E-state index contributed by atoms with van der Waals surface area (Å²) in [6.45, 7) is 0. The second-order valence-corrected chi connectivity index (χ2v) is 5.95. The summed E-state index contributed by atoms with van der Waals surface area (Å²) < 4.78 is 12.8. The van der Waals surface area contributed by atoms with Crippen molar-refractivity contribution >= 4 is 17.7 Å². The minimum Gasteiger partial charge on any atom is -0.480 e. The maximum absolute atomic E-state index is 12.8. The minimum atomic E-state index is -0.794. The molecular weight excluding hydrogens is 253 g/mol. The zero-order chi connectivity index (χ0) is 13.2. The Bertz CT molecular complexity index is 437. The number of benzene rings is 1. The maximum atomic E-state index is 12.8. The largest absolute Gasteiger partial charge is 0.480 e. The lowest BCUT2D eigenvalue weighted by atomic mass is 9.99. The SMILES string of the molecule is CNC1(C(=O)O)CCC(Sc2ccc(F)cc2)C1. The molecule has 0 saturated heterocycles. The molecule has 1 aliphatic rings. The topological polar surface area (TPSA) is 49.3 Å². The van der Waals surface area contributed by atoms with Crippen LogP contribution in [-0.2, 0) is 4.79 Å². The number of carboxylic acid groups (broad SMARTS) is 1. The lowest BCUT2D eigenvalue weighted by Crippen LogP contribution is -2.48. The molecule has 0 bridgehead atoms. The number of likely N-dealkylation sites (N-methyl/N-ethyl adjacent to an activating group) is 1. The summed E-state index contributed by atoms with van der Waals surface area (Å²) in [4.78, 5) is 12.3. The first kappa shape index (κ1) is 13.4. The van der Waals surface area contributed by atoms with Gasteiger partial charge in [-0.2, -0.15) is 0 Å². The highest BCUT2D eigenvalue weighted by atomic mass is 32.2. The van der Waals surface area contributed by atoms with Crippen molar-refractivity contribution in [1.29, 1.82) is 0 Å². The molecule has 0 aliphatic heterocycles. The van der Waals surface area contributed by atoms with Crippen LogP contribution in [0.15, 0.2) is 29.2 Å². The Morgan fingerprint density at radius 2 is 2.17 bits per heavy atom. The highest BCUT2D eigenvalue weighted by Gasteiger charge is 2.44. The molecule has 0 spiro atoms. The number of hydrogen-bond acceptors (Lipinski definition) is 3. The standard InChI is InChI=1S/C13H16FNO2S/c1-15-13(12(16)17)7-6-11(8-13)18-10-4-2-9(14)3-5-10/h2-5,11,15H,6-8H2,1H3,(H,16,17). The molecule has 1 saturated carbocycles. The van der Waals surface area contributed by atoms with Gasteiger partial charge in [0.25, 0.3) is 0 Å². The Morgan fingerprint density at radius 1 is 1.50 bits per heavy atom. The van der Waals surface area contributed by atoms with Crippen molar-refractivity contribution < 1.29 is 14.3 Å². The van der Waals surface area contributed by atoms with Crippen LogP contribution in [0.1, 0.15) is 19.3 Å². The van der Waals surface area contributed by atoms with E-state index in [0.29, 0.717) is 12.8 Å². The molecule has 2 unspecified atom stereocenters. The van der Waals surface area contributed by atoms with Crippen molar-refractivity contribution in [1.82, 2.24) is 5.32 Å². The van der Waals surface area contributed by atoms with Crippen molar-refractivity contribution in [2.75, 3.05) is 7.05 Å². The summed E-state index contributed by atoms with van der Waals surface area (Å²) in [5, 5.41) is 12.5. The van der Waals surface area contributed by atoms with Gasteiger partial charge in [0.05, 0.1) is 0 Å². The van der Waals surface area contributed by atoms with E-state index in [9.17, 15) is 14.3 Å². The number of thioether (sulfide) groups is 1. The zero-order valence-electron chi connectivity index (χ0n) is 10.1. The minimum absolute atomic E-state index is 0.249. The molecule has 0 radical (unpaired) electrons. The number of hydrogen-bond donors (Lipinski definition) is 2. The Morgan fingerprint density at radius 3 is 2.67 bits per heavy atom. The van der Waals surface area contributed by atoms with E-state index in [2.05, 4.69) is 5.32 Å². The van der Waals surface area contributed by atoms with Crippen molar-refractivity contribution in [3.8, 4) is 0 Å². The summed E-state index contributed by atoms with van der Waals surface area (Å²) in [6.07, 6.45) is 2.09. The Balaban J connectivity index is 2.01. The summed E-state index contributed by atoms with van der Waals surface area (Å²) in [5.41, 5.74) is -0.794. The van der Waals surface area contributed by atoms with Crippen molar-refractivity contribution in [2.24, 2.45) is 0 Å². The van der Waals surface area contributed by atoms with Crippen molar-refractivity contribution in [3.63, 3.8) is 0 Å². The molecule has 98 valence electrons. The maximum Gasteiger partial charge on any atom is 0.323 e. The number of carbonyl (C=O) groups is 1. The van der Waals surface area contributed by atoms with Gasteiger partial charge in [-0.1, -0.05) is 0 Å². The predicted octanol–water partition coefficient (Wildman–Crippen LogP) is 2.51. The fourth-order valence-corrected chi connectivity index (χ4v) is 3.62. The monoisotopic (exact) mass is 269 g/mol. The van der Waals surface area contributed by atoms with Crippen LogP contribution in [0.3, 0.4) is 0 Å². The molecule has 2 N–H and O–H groups in total. The summed E-state index contributed by atoms with van der Waals surface area (Å²) in [6, 6.07) is 6.33. The molecule has 1 aliphatic carbocycles. The normalized spacial score (nSPS) is 27.3. The van der Waals surface area contributed by atoms with E-state index in [0.717, 1.165) is 11.3 Å². The fourth-order valence-electron chi connectivity index (χ4n) is 2.33. The molecule has 5 heteroatoms. The van der Waals surface area contributed by atoms with Crippen LogP contribution in [0.4, 0.5) is 4.39 Å². The number of rotatable bonds is 4. The zero-order valence-corrected chi connectivity index (χ0v) is 11.0.